The summed E-state index contributed by atoms with van der Waals surface area (Å²) in [6, 6.07) is 7.65. The number of oxime groups is 1. The third-order valence-corrected chi connectivity index (χ3v) is 6.68. The molecule has 1 amide bonds. The van der Waals surface area contributed by atoms with E-state index in [1.807, 2.05) is 45.0 Å². The van der Waals surface area contributed by atoms with Gasteiger partial charge in [-0.1, -0.05) is 45.0 Å². The lowest BCUT2D eigenvalue weighted by Gasteiger charge is -2.37. The Morgan fingerprint density at radius 1 is 1.21 bits per heavy atom. The molecule has 0 aliphatic heterocycles. The van der Waals surface area contributed by atoms with Gasteiger partial charge < -0.3 is 10.5 Å². The van der Waals surface area contributed by atoms with Gasteiger partial charge in [-0.15, -0.1) is 0 Å². The first-order chi connectivity index (χ1) is 11.2. The third kappa shape index (κ3) is 1.78. The van der Waals surface area contributed by atoms with Gasteiger partial charge in [0, 0.05) is 11.1 Å². The molecule has 2 aliphatic carbocycles. The monoisotopic (exact) mass is 328 g/mol. The SMILES string of the molecule is CCc1ccc(NC(=O)C23CCC(C)(/C(=N/O)C2=O)C3(C)C)cc1. The van der Waals surface area contributed by atoms with Gasteiger partial charge in [-0.05, 0) is 42.4 Å². The number of fused-ring (bicyclic) bond motifs is 2. The maximum atomic E-state index is 13.1. The van der Waals surface area contributed by atoms with Crippen LogP contribution in [0, 0.1) is 16.2 Å². The molecule has 5 heteroatoms. The number of ketones is 1. The van der Waals surface area contributed by atoms with Crippen LogP contribution in [0.5, 0.6) is 0 Å². The zero-order chi connectivity index (χ0) is 17.8. The van der Waals surface area contributed by atoms with Gasteiger partial charge in [0.05, 0.1) is 0 Å². The van der Waals surface area contributed by atoms with Crippen LogP contribution in [0.4, 0.5) is 5.69 Å². The Hall–Kier alpha value is -2.17. The largest absolute Gasteiger partial charge is 0.411 e. The number of nitrogens with one attached hydrogen (secondary N) is 1. The number of anilines is 1. The van der Waals surface area contributed by atoms with E-state index in [0.29, 0.717) is 18.5 Å². The Balaban J connectivity index is 1.97. The summed E-state index contributed by atoms with van der Waals surface area (Å²) >= 11 is 0. The maximum Gasteiger partial charge on any atom is 0.239 e. The number of Topliss-reactive ketones (excluding diaryl/α,β-unsaturated/α-hetero) is 1. The number of amides is 1. The molecule has 0 radical (unpaired) electrons. The summed E-state index contributed by atoms with van der Waals surface area (Å²) in [5, 5.41) is 15.5. The van der Waals surface area contributed by atoms with E-state index >= 15 is 0 Å². The second-order valence-corrected chi connectivity index (χ2v) is 7.64. The summed E-state index contributed by atoms with van der Waals surface area (Å²) in [7, 11) is 0. The van der Waals surface area contributed by atoms with Crippen LogP contribution in [0.2, 0.25) is 0 Å². The molecule has 2 atom stereocenters. The smallest absolute Gasteiger partial charge is 0.239 e. The van der Waals surface area contributed by atoms with Gasteiger partial charge in [0.2, 0.25) is 5.91 Å². The molecular weight excluding hydrogens is 304 g/mol. The average Bonchev–Trinajstić information content (AvgIpc) is 2.83. The Bertz CT molecular complexity index is 735. The van der Waals surface area contributed by atoms with Crippen molar-refractivity contribution in [1.82, 2.24) is 0 Å². The lowest BCUT2D eigenvalue weighted by Crippen LogP contribution is -2.47. The first-order valence-electron chi connectivity index (χ1n) is 8.42. The molecule has 1 aromatic rings. The lowest BCUT2D eigenvalue weighted by molar-refractivity contribution is -0.140. The van der Waals surface area contributed by atoms with Crippen LogP contribution in [-0.2, 0) is 16.0 Å². The second-order valence-electron chi connectivity index (χ2n) is 7.64. The number of nitrogens with zero attached hydrogens (tertiary/aromatic N) is 1. The zero-order valence-corrected chi connectivity index (χ0v) is 14.6. The van der Waals surface area contributed by atoms with Gasteiger partial charge in [0.15, 0.2) is 5.78 Å². The van der Waals surface area contributed by atoms with E-state index in [-0.39, 0.29) is 17.4 Å². The Kier molecular flexibility index (Phi) is 3.59. The molecule has 2 saturated carbocycles. The molecule has 0 spiro atoms. The van der Waals surface area contributed by atoms with Crippen LogP contribution in [0.3, 0.4) is 0 Å². The molecule has 5 nitrogen and oxygen atoms in total. The molecule has 0 saturated heterocycles. The van der Waals surface area contributed by atoms with Gasteiger partial charge in [0.25, 0.3) is 0 Å². The van der Waals surface area contributed by atoms with Crippen molar-refractivity contribution >= 4 is 23.1 Å². The van der Waals surface area contributed by atoms with Crippen molar-refractivity contribution in [3.63, 3.8) is 0 Å². The van der Waals surface area contributed by atoms with E-state index in [9.17, 15) is 14.8 Å². The van der Waals surface area contributed by atoms with Crippen LogP contribution in [0.15, 0.2) is 29.4 Å². The molecule has 2 N–H and O–H groups in total. The Morgan fingerprint density at radius 3 is 2.33 bits per heavy atom. The van der Waals surface area contributed by atoms with E-state index < -0.39 is 16.2 Å². The first kappa shape index (κ1) is 16.7. The minimum Gasteiger partial charge on any atom is -0.411 e. The van der Waals surface area contributed by atoms with Crippen LogP contribution in [0.25, 0.3) is 0 Å². The summed E-state index contributed by atoms with van der Waals surface area (Å²) in [6.45, 7) is 7.84. The summed E-state index contributed by atoms with van der Waals surface area (Å²) in [6.07, 6.45) is 2.07. The fourth-order valence-corrected chi connectivity index (χ4v) is 4.52. The van der Waals surface area contributed by atoms with Crippen molar-refractivity contribution in [1.29, 1.82) is 0 Å². The summed E-state index contributed by atoms with van der Waals surface area (Å²) < 4.78 is 0. The van der Waals surface area contributed by atoms with E-state index in [1.165, 1.54) is 5.56 Å². The average molecular weight is 328 g/mol. The Labute approximate surface area is 142 Å². The van der Waals surface area contributed by atoms with Crippen LogP contribution in [-0.4, -0.2) is 22.6 Å². The van der Waals surface area contributed by atoms with Gasteiger partial charge in [-0.3, -0.25) is 9.59 Å². The number of hydrogen-bond donors (Lipinski definition) is 2. The summed E-state index contributed by atoms with van der Waals surface area (Å²) in [4.78, 5) is 26.0. The maximum absolute atomic E-state index is 13.1. The third-order valence-electron chi connectivity index (χ3n) is 6.68. The van der Waals surface area contributed by atoms with Crippen LogP contribution >= 0.6 is 0 Å². The molecule has 128 valence electrons. The molecule has 1 aromatic carbocycles. The molecular formula is C19H24N2O3. The van der Waals surface area contributed by atoms with Gasteiger partial charge in [0.1, 0.15) is 11.1 Å². The molecule has 0 heterocycles. The van der Waals surface area contributed by atoms with Crippen molar-refractivity contribution in [3.8, 4) is 0 Å². The first-order valence-corrected chi connectivity index (χ1v) is 8.42. The number of carbonyl (C=O) groups is 2. The van der Waals surface area contributed by atoms with Gasteiger partial charge in [-0.2, -0.15) is 0 Å². The minimum absolute atomic E-state index is 0.134. The number of benzene rings is 1. The zero-order valence-electron chi connectivity index (χ0n) is 14.6. The van der Waals surface area contributed by atoms with Crippen LogP contribution in [0.1, 0.15) is 46.1 Å². The predicted octanol–water partition coefficient (Wildman–Crippen LogP) is 3.41. The van der Waals surface area contributed by atoms with Gasteiger partial charge in [-0.25, -0.2) is 0 Å². The quantitative estimate of drug-likeness (QED) is 0.507. The fraction of sp³-hybridized carbons (Fsp3) is 0.526. The second kappa shape index (κ2) is 5.16. The molecule has 2 unspecified atom stereocenters. The molecule has 24 heavy (non-hydrogen) atoms. The highest BCUT2D eigenvalue weighted by Crippen LogP contribution is 2.69. The standard InChI is InChI=1S/C19H24N2O3/c1-5-12-6-8-13(9-7-12)20-16(23)19-11-10-18(4,17(19,2)3)14(21-24)15(19)22/h6-9,24H,5,10-11H2,1-4H3,(H,20,23)/b21-14+. The van der Waals surface area contributed by atoms with Crippen molar-refractivity contribution in [2.45, 2.75) is 47.0 Å². The van der Waals surface area contributed by atoms with Crippen molar-refractivity contribution < 1.29 is 14.8 Å². The van der Waals surface area contributed by atoms with E-state index in [0.717, 1.165) is 6.42 Å². The molecule has 2 aliphatic rings. The molecule has 2 fully saturated rings. The van der Waals surface area contributed by atoms with E-state index in [4.69, 9.17) is 0 Å². The summed E-state index contributed by atoms with van der Waals surface area (Å²) in [5.41, 5.74) is -0.360. The Morgan fingerprint density at radius 2 is 1.83 bits per heavy atom. The highest BCUT2D eigenvalue weighted by atomic mass is 16.4. The van der Waals surface area contributed by atoms with Crippen molar-refractivity contribution in [2.75, 3.05) is 5.32 Å². The highest BCUT2D eigenvalue weighted by Gasteiger charge is 2.76. The molecule has 2 bridgehead atoms. The number of hydrogen-bond acceptors (Lipinski definition) is 4. The predicted molar refractivity (Wildman–Crippen MR) is 92.2 cm³/mol. The lowest BCUT2D eigenvalue weighted by atomic mass is 9.64. The van der Waals surface area contributed by atoms with Crippen molar-refractivity contribution in [2.24, 2.45) is 21.4 Å². The minimum atomic E-state index is -1.17. The molecule has 3 rings (SSSR count). The van der Waals surface area contributed by atoms with Gasteiger partial charge >= 0.3 is 0 Å². The van der Waals surface area contributed by atoms with Crippen molar-refractivity contribution in [3.05, 3.63) is 29.8 Å². The normalized spacial score (nSPS) is 32.3. The fourth-order valence-electron chi connectivity index (χ4n) is 4.52. The summed E-state index contributed by atoms with van der Waals surface area (Å²) in [5.74, 6) is -0.643. The van der Waals surface area contributed by atoms with E-state index in [2.05, 4.69) is 17.4 Å². The highest BCUT2D eigenvalue weighted by molar-refractivity contribution is 6.51. The van der Waals surface area contributed by atoms with E-state index in [1.54, 1.807) is 0 Å². The van der Waals surface area contributed by atoms with Crippen LogP contribution < -0.4 is 5.32 Å². The topological polar surface area (TPSA) is 78.8 Å². The number of carbonyl (C=O) groups excluding carboxylic acids is 2. The molecule has 0 aromatic heterocycles. The number of rotatable bonds is 3. The number of aryl methyl sites for hydroxylation is 1.